The third-order valence-electron chi connectivity index (χ3n) is 3.15. The lowest BCUT2D eigenvalue weighted by Crippen LogP contribution is -2.27. The van der Waals surface area contributed by atoms with Gasteiger partial charge in [0.1, 0.15) is 5.82 Å². The van der Waals surface area contributed by atoms with Gasteiger partial charge in [0.15, 0.2) is 0 Å². The van der Waals surface area contributed by atoms with E-state index < -0.39 is 0 Å². The number of nitrogens with two attached hydrogens (primary N) is 1. The molecule has 0 aliphatic heterocycles. The second-order valence-electron chi connectivity index (χ2n) is 4.67. The molecule has 20 heavy (non-hydrogen) atoms. The molecule has 2 rings (SSSR count). The molecule has 0 spiro atoms. The Morgan fingerprint density at radius 3 is 2.70 bits per heavy atom. The van der Waals surface area contributed by atoms with Gasteiger partial charge in [0.2, 0.25) is 5.95 Å². The Morgan fingerprint density at radius 2 is 2.05 bits per heavy atom. The summed E-state index contributed by atoms with van der Waals surface area (Å²) in [7, 11) is 0. The van der Waals surface area contributed by atoms with E-state index in [1.807, 2.05) is 37.3 Å². The highest BCUT2D eigenvalue weighted by Crippen LogP contribution is 2.15. The molecule has 4 N–H and O–H groups in total. The summed E-state index contributed by atoms with van der Waals surface area (Å²) < 4.78 is 0. The van der Waals surface area contributed by atoms with Crippen LogP contribution in [-0.2, 0) is 12.8 Å². The van der Waals surface area contributed by atoms with Gasteiger partial charge in [0.25, 0.3) is 0 Å². The predicted molar refractivity (Wildman–Crippen MR) is 80.5 cm³/mol. The van der Waals surface area contributed by atoms with E-state index >= 15 is 0 Å². The molecule has 0 radical (unpaired) electrons. The van der Waals surface area contributed by atoms with Crippen LogP contribution in [0.1, 0.15) is 18.1 Å². The topological polar surface area (TPSA) is 84.1 Å². The predicted octanol–water partition coefficient (Wildman–Crippen LogP) is 1.64. The minimum absolute atomic E-state index is 0.0297. The van der Waals surface area contributed by atoms with Crippen molar-refractivity contribution in [2.24, 2.45) is 0 Å². The molecule has 106 valence electrons. The lowest BCUT2D eigenvalue weighted by atomic mass is 10.1. The van der Waals surface area contributed by atoms with Gasteiger partial charge in [0, 0.05) is 11.8 Å². The maximum atomic E-state index is 9.54. The van der Waals surface area contributed by atoms with Crippen LogP contribution in [0.2, 0.25) is 0 Å². The molecule has 5 nitrogen and oxygen atoms in total. The molecule has 0 aliphatic carbocycles. The average molecular weight is 272 g/mol. The van der Waals surface area contributed by atoms with Crippen LogP contribution in [0, 0.1) is 0 Å². The van der Waals surface area contributed by atoms with Gasteiger partial charge in [-0.15, -0.1) is 0 Å². The van der Waals surface area contributed by atoms with Crippen molar-refractivity contribution in [2.45, 2.75) is 25.8 Å². The van der Waals surface area contributed by atoms with Crippen molar-refractivity contribution in [1.82, 2.24) is 9.97 Å². The summed E-state index contributed by atoms with van der Waals surface area (Å²) in [5.41, 5.74) is 7.78. The van der Waals surface area contributed by atoms with Gasteiger partial charge in [-0.1, -0.05) is 37.3 Å². The normalized spacial score (nSPS) is 12.1. The van der Waals surface area contributed by atoms with E-state index in [-0.39, 0.29) is 18.6 Å². The third kappa shape index (κ3) is 3.68. The molecule has 0 saturated heterocycles. The summed E-state index contributed by atoms with van der Waals surface area (Å²) in [5.74, 6) is 0.941. The second kappa shape index (κ2) is 6.86. The Labute approximate surface area is 118 Å². The van der Waals surface area contributed by atoms with Crippen molar-refractivity contribution >= 4 is 11.8 Å². The van der Waals surface area contributed by atoms with Crippen molar-refractivity contribution < 1.29 is 5.11 Å². The number of hydrogen-bond acceptors (Lipinski definition) is 5. The van der Waals surface area contributed by atoms with Gasteiger partial charge in [-0.05, 0) is 18.4 Å². The summed E-state index contributed by atoms with van der Waals surface area (Å²) in [6.07, 6.45) is 3.26. The molecular formula is C15H20N4O. The lowest BCUT2D eigenvalue weighted by molar-refractivity contribution is 0.273. The molecule has 0 aliphatic rings. The van der Waals surface area contributed by atoms with Gasteiger partial charge < -0.3 is 16.2 Å². The first-order valence-corrected chi connectivity index (χ1v) is 6.75. The first-order chi connectivity index (χ1) is 9.72. The Balaban J connectivity index is 2.12. The number of benzene rings is 1. The molecule has 1 aromatic carbocycles. The quantitative estimate of drug-likeness (QED) is 0.744. The highest BCUT2D eigenvalue weighted by molar-refractivity contribution is 5.47. The number of anilines is 2. The molecule has 2 aromatic rings. The Hall–Kier alpha value is -2.14. The molecule has 1 heterocycles. The highest BCUT2D eigenvalue weighted by Gasteiger charge is 2.12. The standard InChI is InChI=1S/C15H20N4O/c1-2-12-9-17-15(16)19-14(12)18-13(10-20)8-11-6-4-3-5-7-11/h3-7,9,13,20H,2,8,10H2,1H3,(H3,16,17,18,19)/t13-/m1/s1. The monoisotopic (exact) mass is 272 g/mol. The number of aliphatic hydroxyl groups excluding tert-OH is 1. The van der Waals surface area contributed by atoms with Crippen LogP contribution in [0.5, 0.6) is 0 Å². The number of nitrogens with one attached hydrogen (secondary N) is 1. The fraction of sp³-hybridized carbons (Fsp3) is 0.333. The largest absolute Gasteiger partial charge is 0.394 e. The van der Waals surface area contributed by atoms with Crippen LogP contribution in [0.25, 0.3) is 0 Å². The molecule has 0 amide bonds. The van der Waals surface area contributed by atoms with Gasteiger partial charge in [0.05, 0.1) is 12.6 Å². The van der Waals surface area contributed by atoms with E-state index in [0.717, 1.165) is 18.4 Å². The van der Waals surface area contributed by atoms with E-state index in [4.69, 9.17) is 5.73 Å². The van der Waals surface area contributed by atoms with E-state index in [1.54, 1.807) is 6.20 Å². The van der Waals surface area contributed by atoms with Crippen LogP contribution in [0.4, 0.5) is 11.8 Å². The number of hydrogen-bond donors (Lipinski definition) is 3. The SMILES string of the molecule is CCc1cnc(N)nc1N[C@@H](CO)Cc1ccccc1. The van der Waals surface area contributed by atoms with Gasteiger partial charge >= 0.3 is 0 Å². The van der Waals surface area contributed by atoms with Crippen LogP contribution >= 0.6 is 0 Å². The van der Waals surface area contributed by atoms with Crippen molar-refractivity contribution in [2.75, 3.05) is 17.7 Å². The fourth-order valence-corrected chi connectivity index (χ4v) is 2.06. The number of aliphatic hydroxyl groups is 1. The minimum Gasteiger partial charge on any atom is -0.394 e. The van der Waals surface area contributed by atoms with Crippen LogP contribution in [-0.4, -0.2) is 27.7 Å². The summed E-state index contributed by atoms with van der Waals surface area (Å²) in [6, 6.07) is 9.94. The van der Waals surface area contributed by atoms with Gasteiger partial charge in [-0.25, -0.2) is 4.98 Å². The molecule has 1 aromatic heterocycles. The Kier molecular flexibility index (Phi) is 4.90. The smallest absolute Gasteiger partial charge is 0.221 e. The zero-order chi connectivity index (χ0) is 14.4. The molecule has 0 unspecified atom stereocenters. The minimum atomic E-state index is -0.100. The summed E-state index contributed by atoms with van der Waals surface area (Å²) in [6.45, 7) is 2.06. The number of rotatable bonds is 6. The second-order valence-corrected chi connectivity index (χ2v) is 4.67. The highest BCUT2D eigenvalue weighted by atomic mass is 16.3. The average Bonchev–Trinajstić information content (AvgIpc) is 2.48. The number of nitrogens with zero attached hydrogens (tertiary/aromatic N) is 2. The van der Waals surface area contributed by atoms with E-state index in [0.29, 0.717) is 5.82 Å². The van der Waals surface area contributed by atoms with Crippen LogP contribution < -0.4 is 11.1 Å². The fourth-order valence-electron chi connectivity index (χ4n) is 2.06. The van der Waals surface area contributed by atoms with Gasteiger partial charge in [-0.3, -0.25) is 0 Å². The summed E-state index contributed by atoms with van der Waals surface area (Å²) in [4.78, 5) is 8.21. The first kappa shape index (κ1) is 14.3. The number of aromatic nitrogens is 2. The maximum Gasteiger partial charge on any atom is 0.221 e. The Morgan fingerprint density at radius 1 is 1.30 bits per heavy atom. The third-order valence-corrected chi connectivity index (χ3v) is 3.15. The molecule has 0 bridgehead atoms. The van der Waals surface area contributed by atoms with E-state index in [2.05, 4.69) is 15.3 Å². The molecular weight excluding hydrogens is 252 g/mol. The van der Waals surface area contributed by atoms with Crippen molar-refractivity contribution in [1.29, 1.82) is 0 Å². The van der Waals surface area contributed by atoms with Crippen LogP contribution in [0.3, 0.4) is 0 Å². The molecule has 1 atom stereocenters. The van der Waals surface area contributed by atoms with E-state index in [1.165, 1.54) is 5.56 Å². The lowest BCUT2D eigenvalue weighted by Gasteiger charge is -2.19. The zero-order valence-electron chi connectivity index (χ0n) is 11.6. The van der Waals surface area contributed by atoms with Gasteiger partial charge in [-0.2, -0.15) is 4.98 Å². The zero-order valence-corrected chi connectivity index (χ0v) is 11.6. The molecule has 0 saturated carbocycles. The number of nitrogen functional groups attached to an aromatic ring is 1. The first-order valence-electron chi connectivity index (χ1n) is 6.75. The Bertz CT molecular complexity index is 545. The molecule has 0 fully saturated rings. The summed E-state index contributed by atoms with van der Waals surface area (Å²) in [5, 5.41) is 12.8. The van der Waals surface area contributed by atoms with Crippen molar-refractivity contribution in [3.05, 3.63) is 47.7 Å². The van der Waals surface area contributed by atoms with E-state index in [9.17, 15) is 5.11 Å². The summed E-state index contributed by atoms with van der Waals surface area (Å²) >= 11 is 0. The number of aryl methyl sites for hydroxylation is 1. The van der Waals surface area contributed by atoms with Crippen molar-refractivity contribution in [3.8, 4) is 0 Å². The maximum absolute atomic E-state index is 9.54. The van der Waals surface area contributed by atoms with Crippen molar-refractivity contribution in [3.63, 3.8) is 0 Å². The molecule has 5 heteroatoms. The van der Waals surface area contributed by atoms with Crippen LogP contribution in [0.15, 0.2) is 36.5 Å².